The molecule has 3 aromatic rings. The minimum atomic E-state index is -4.54. The Balaban J connectivity index is 1.45. The lowest BCUT2D eigenvalue weighted by molar-refractivity contribution is -0.145. The number of hydrogen-bond donors (Lipinski definition) is 0. The first-order chi connectivity index (χ1) is 17.8. The average molecular weight is 567 g/mol. The van der Waals surface area contributed by atoms with Crippen molar-refractivity contribution in [3.05, 3.63) is 68.3 Å². The second-order valence-electron chi connectivity index (χ2n) is 9.74. The van der Waals surface area contributed by atoms with Crippen LogP contribution in [0.15, 0.2) is 30.3 Å². The fourth-order valence-electron chi connectivity index (χ4n) is 5.49. The van der Waals surface area contributed by atoms with Gasteiger partial charge in [-0.15, -0.1) is 0 Å². The summed E-state index contributed by atoms with van der Waals surface area (Å²) >= 11 is 12.9. The van der Waals surface area contributed by atoms with Crippen LogP contribution >= 0.6 is 23.2 Å². The number of ether oxygens (including phenoxy) is 1. The van der Waals surface area contributed by atoms with Crippen molar-refractivity contribution in [2.45, 2.75) is 20.0 Å². The normalized spacial score (nSPS) is 20.5. The van der Waals surface area contributed by atoms with Crippen LogP contribution in [0.2, 0.25) is 10.0 Å². The van der Waals surface area contributed by atoms with Crippen molar-refractivity contribution in [2.75, 3.05) is 19.7 Å². The van der Waals surface area contributed by atoms with E-state index in [2.05, 4.69) is 0 Å². The largest absolute Gasteiger partial charge is 0.466 e. The van der Waals surface area contributed by atoms with Crippen LogP contribution in [-0.2, 0) is 22.8 Å². The molecule has 0 radical (unpaired) electrons. The van der Waals surface area contributed by atoms with Crippen LogP contribution in [0.1, 0.15) is 44.5 Å². The Kier molecular flexibility index (Phi) is 6.51. The smallest absolute Gasteiger partial charge is 0.416 e. The number of likely N-dealkylation sites (tertiary alicyclic amines) is 1. The van der Waals surface area contributed by atoms with Crippen LogP contribution in [-0.4, -0.2) is 46.8 Å². The van der Waals surface area contributed by atoms with Crippen LogP contribution < -0.4 is 0 Å². The SMILES string of the molecule is CCOC(=O)C1[C@H]2CN(C(=O)c3ccc(Cl)c(C(=O)c4cc5c(C)cc(C(F)(F)F)cc5n4C)c3Cl)C[C@@H]12. The molecular weight excluding hydrogens is 544 g/mol. The van der Waals surface area contributed by atoms with Crippen LogP contribution in [0.3, 0.4) is 0 Å². The number of nitrogens with zero attached hydrogens (tertiary/aromatic N) is 2. The van der Waals surface area contributed by atoms with Crippen molar-refractivity contribution < 1.29 is 32.3 Å². The summed E-state index contributed by atoms with van der Waals surface area (Å²) in [5.74, 6) is -1.40. The van der Waals surface area contributed by atoms with E-state index in [1.54, 1.807) is 11.8 Å². The highest BCUT2D eigenvalue weighted by Gasteiger charge is 2.61. The van der Waals surface area contributed by atoms with E-state index in [0.29, 0.717) is 30.6 Å². The van der Waals surface area contributed by atoms with Crippen LogP contribution in [0.5, 0.6) is 0 Å². The Hall–Kier alpha value is -3.04. The molecule has 1 saturated carbocycles. The molecule has 0 spiro atoms. The number of hydrogen-bond acceptors (Lipinski definition) is 4. The molecule has 5 rings (SSSR count). The molecule has 1 aliphatic carbocycles. The van der Waals surface area contributed by atoms with E-state index in [9.17, 15) is 27.6 Å². The average Bonchev–Trinajstić information content (AvgIpc) is 3.16. The van der Waals surface area contributed by atoms with E-state index in [-0.39, 0.29) is 56.1 Å². The molecule has 1 saturated heterocycles. The van der Waals surface area contributed by atoms with E-state index in [0.717, 1.165) is 12.1 Å². The number of halogens is 5. The van der Waals surface area contributed by atoms with Crippen molar-refractivity contribution >= 4 is 51.8 Å². The van der Waals surface area contributed by atoms with Gasteiger partial charge in [0, 0.05) is 31.0 Å². The predicted molar refractivity (Wildman–Crippen MR) is 136 cm³/mol. The van der Waals surface area contributed by atoms with Crippen molar-refractivity contribution in [1.29, 1.82) is 0 Å². The van der Waals surface area contributed by atoms with Gasteiger partial charge in [-0.3, -0.25) is 14.4 Å². The maximum atomic E-state index is 13.6. The number of alkyl halides is 3. The van der Waals surface area contributed by atoms with Gasteiger partial charge in [0.25, 0.3) is 5.91 Å². The summed E-state index contributed by atoms with van der Waals surface area (Å²) in [5.41, 5.74) is -0.169. The summed E-state index contributed by atoms with van der Waals surface area (Å²) in [6.07, 6.45) is -4.54. The van der Waals surface area contributed by atoms with Crippen molar-refractivity contribution in [1.82, 2.24) is 9.47 Å². The van der Waals surface area contributed by atoms with E-state index in [1.165, 1.54) is 36.7 Å². The van der Waals surface area contributed by atoms with Gasteiger partial charge in [-0.05, 0) is 61.6 Å². The first-order valence-electron chi connectivity index (χ1n) is 12.0. The number of esters is 1. The molecule has 0 N–H and O–H groups in total. The first kappa shape index (κ1) is 26.6. The molecule has 1 aliphatic heterocycles. The number of benzene rings is 2. The summed E-state index contributed by atoms with van der Waals surface area (Å²) in [7, 11) is 1.49. The Labute approximate surface area is 226 Å². The van der Waals surface area contributed by atoms with E-state index in [1.807, 2.05) is 0 Å². The third kappa shape index (κ3) is 4.25. The van der Waals surface area contributed by atoms with Crippen molar-refractivity contribution in [3.8, 4) is 0 Å². The summed E-state index contributed by atoms with van der Waals surface area (Å²) in [6.45, 7) is 4.33. The minimum absolute atomic E-state index is 0.0150. The number of fused-ring (bicyclic) bond motifs is 2. The third-order valence-corrected chi connectivity index (χ3v) is 8.22. The monoisotopic (exact) mass is 566 g/mol. The third-order valence-electron chi connectivity index (χ3n) is 7.52. The van der Waals surface area contributed by atoms with E-state index < -0.39 is 23.4 Å². The molecule has 0 bridgehead atoms. The van der Waals surface area contributed by atoms with Gasteiger partial charge in [0.2, 0.25) is 5.78 Å². The van der Waals surface area contributed by atoms with Crippen LogP contribution in [0.4, 0.5) is 13.2 Å². The fraction of sp³-hybridized carbons (Fsp3) is 0.370. The quantitative estimate of drug-likeness (QED) is 0.284. The lowest BCUT2D eigenvalue weighted by Crippen LogP contribution is -2.33. The number of rotatable bonds is 5. The summed E-state index contributed by atoms with van der Waals surface area (Å²) in [6, 6.07) is 6.37. The number of ketones is 1. The molecule has 3 atom stereocenters. The van der Waals surface area contributed by atoms with Gasteiger partial charge in [-0.25, -0.2) is 0 Å². The number of aromatic nitrogens is 1. The Morgan fingerprint density at radius 2 is 1.74 bits per heavy atom. The Morgan fingerprint density at radius 3 is 2.34 bits per heavy atom. The molecule has 11 heteroatoms. The number of carbonyl (C=O) groups excluding carboxylic acids is 3. The molecule has 6 nitrogen and oxygen atoms in total. The molecule has 2 aliphatic rings. The standard InChI is InChI=1S/C27H23Cl2F3N2O4/c1-4-38-26(37)21-16-10-34(11-17(16)21)25(36)14-5-6-18(28)22(23(14)29)24(35)20-9-15-12(2)7-13(27(30,31)32)8-19(15)33(20)3/h5-9,16-17,21H,4,10-11H2,1-3H3/t16-,17+,21?. The maximum absolute atomic E-state index is 13.6. The van der Waals surface area contributed by atoms with E-state index in [4.69, 9.17) is 27.9 Å². The summed E-state index contributed by atoms with van der Waals surface area (Å²) in [4.78, 5) is 40.5. The minimum Gasteiger partial charge on any atom is -0.466 e. The molecule has 2 fully saturated rings. The molecule has 1 unspecified atom stereocenters. The predicted octanol–water partition coefficient (Wildman–Crippen LogP) is 5.92. The zero-order valence-electron chi connectivity index (χ0n) is 20.7. The first-order valence-corrected chi connectivity index (χ1v) is 12.8. The van der Waals surface area contributed by atoms with Gasteiger partial charge >= 0.3 is 12.1 Å². The van der Waals surface area contributed by atoms with Gasteiger partial charge < -0.3 is 14.2 Å². The number of aryl methyl sites for hydroxylation is 2. The van der Waals surface area contributed by atoms with Gasteiger partial charge in [0.1, 0.15) is 0 Å². The fourth-order valence-corrected chi connectivity index (χ4v) is 6.12. The van der Waals surface area contributed by atoms with Gasteiger partial charge in [-0.2, -0.15) is 13.2 Å². The molecule has 2 aromatic carbocycles. The zero-order valence-corrected chi connectivity index (χ0v) is 22.2. The molecule has 1 amide bonds. The van der Waals surface area contributed by atoms with Crippen LogP contribution in [0, 0.1) is 24.7 Å². The number of amides is 1. The summed E-state index contributed by atoms with van der Waals surface area (Å²) in [5, 5.41) is 0.366. The molecule has 1 aromatic heterocycles. The highest BCUT2D eigenvalue weighted by molar-refractivity contribution is 6.42. The Bertz CT molecular complexity index is 1500. The molecule has 38 heavy (non-hydrogen) atoms. The Morgan fingerprint density at radius 1 is 1.08 bits per heavy atom. The van der Waals surface area contributed by atoms with Gasteiger partial charge in [-0.1, -0.05) is 23.2 Å². The maximum Gasteiger partial charge on any atom is 0.416 e. The zero-order chi connectivity index (χ0) is 27.7. The topological polar surface area (TPSA) is 68.6 Å². The van der Waals surface area contributed by atoms with Crippen molar-refractivity contribution in [2.24, 2.45) is 24.8 Å². The second-order valence-corrected chi connectivity index (χ2v) is 10.5. The highest BCUT2D eigenvalue weighted by Crippen LogP contribution is 2.52. The van der Waals surface area contributed by atoms with Crippen molar-refractivity contribution in [3.63, 3.8) is 0 Å². The second kappa shape index (κ2) is 9.31. The lowest BCUT2D eigenvalue weighted by atomic mass is 10.0. The lowest BCUT2D eigenvalue weighted by Gasteiger charge is -2.21. The van der Waals surface area contributed by atoms with Crippen LogP contribution in [0.25, 0.3) is 10.9 Å². The summed E-state index contributed by atoms with van der Waals surface area (Å²) < 4.78 is 46.5. The molecule has 2 heterocycles. The highest BCUT2D eigenvalue weighted by atomic mass is 35.5. The number of carbonyl (C=O) groups is 3. The number of piperidine rings is 1. The molecule has 200 valence electrons. The van der Waals surface area contributed by atoms with Gasteiger partial charge in [0.05, 0.1) is 45.0 Å². The molecular formula is C27H23Cl2F3N2O4. The van der Waals surface area contributed by atoms with Gasteiger partial charge in [0.15, 0.2) is 0 Å². The van der Waals surface area contributed by atoms with E-state index >= 15 is 0 Å².